The van der Waals surface area contributed by atoms with E-state index in [9.17, 15) is 9.59 Å². The standard InChI is InChI=1S/C15H12BrNO4/c1-21-13-7-6-9(16)8-11(13)14(18)17-12-5-3-2-4-10(12)15(19)20/h2-8H,1H3,(H,17,18)(H,19,20). The van der Waals surface area contributed by atoms with Crippen molar-refractivity contribution in [2.45, 2.75) is 0 Å². The van der Waals surface area contributed by atoms with Gasteiger partial charge in [-0.1, -0.05) is 28.1 Å². The zero-order valence-corrected chi connectivity index (χ0v) is 12.7. The van der Waals surface area contributed by atoms with Crippen LogP contribution in [0.1, 0.15) is 20.7 Å². The monoisotopic (exact) mass is 349 g/mol. The first-order valence-electron chi connectivity index (χ1n) is 6.00. The average molecular weight is 350 g/mol. The molecule has 1 amide bonds. The van der Waals surface area contributed by atoms with E-state index < -0.39 is 11.9 Å². The number of carbonyl (C=O) groups is 2. The predicted octanol–water partition coefficient (Wildman–Crippen LogP) is 3.41. The van der Waals surface area contributed by atoms with Crippen molar-refractivity contribution in [1.29, 1.82) is 0 Å². The first kappa shape index (κ1) is 15.1. The molecule has 2 rings (SSSR count). The van der Waals surface area contributed by atoms with E-state index in [1.54, 1.807) is 30.3 Å². The molecular formula is C15H12BrNO4. The quantitative estimate of drug-likeness (QED) is 0.886. The maximum Gasteiger partial charge on any atom is 0.337 e. The van der Waals surface area contributed by atoms with Crippen molar-refractivity contribution in [3.05, 3.63) is 58.1 Å². The van der Waals surface area contributed by atoms with Crippen LogP contribution in [0.3, 0.4) is 0 Å². The fraction of sp³-hybridized carbons (Fsp3) is 0.0667. The molecular weight excluding hydrogens is 338 g/mol. The lowest BCUT2D eigenvalue weighted by Crippen LogP contribution is -2.15. The molecule has 2 N–H and O–H groups in total. The minimum absolute atomic E-state index is 0.0276. The van der Waals surface area contributed by atoms with Crippen LogP contribution in [0.5, 0.6) is 5.75 Å². The Morgan fingerprint density at radius 1 is 1.14 bits per heavy atom. The SMILES string of the molecule is COc1ccc(Br)cc1C(=O)Nc1ccccc1C(=O)O. The van der Waals surface area contributed by atoms with Gasteiger partial charge in [-0.05, 0) is 30.3 Å². The maximum absolute atomic E-state index is 12.3. The summed E-state index contributed by atoms with van der Waals surface area (Å²) in [6.45, 7) is 0. The topological polar surface area (TPSA) is 75.6 Å². The highest BCUT2D eigenvalue weighted by molar-refractivity contribution is 9.10. The Hall–Kier alpha value is -2.34. The number of anilines is 1. The third-order valence-corrected chi connectivity index (χ3v) is 3.31. The summed E-state index contributed by atoms with van der Waals surface area (Å²) in [5, 5.41) is 11.7. The van der Waals surface area contributed by atoms with Gasteiger partial charge in [0.1, 0.15) is 5.75 Å². The van der Waals surface area contributed by atoms with Crippen molar-refractivity contribution in [2.24, 2.45) is 0 Å². The molecule has 0 aliphatic rings. The van der Waals surface area contributed by atoms with Crippen molar-refractivity contribution in [3.8, 4) is 5.75 Å². The van der Waals surface area contributed by atoms with Crippen LogP contribution < -0.4 is 10.1 Å². The zero-order chi connectivity index (χ0) is 15.4. The van der Waals surface area contributed by atoms with Gasteiger partial charge in [0.2, 0.25) is 0 Å². The number of rotatable bonds is 4. The number of halogens is 1. The molecule has 0 heterocycles. The van der Waals surface area contributed by atoms with Gasteiger partial charge in [0, 0.05) is 4.47 Å². The minimum atomic E-state index is -1.10. The molecule has 21 heavy (non-hydrogen) atoms. The molecule has 0 atom stereocenters. The lowest BCUT2D eigenvalue weighted by molar-refractivity contribution is 0.0698. The first-order chi connectivity index (χ1) is 10.0. The van der Waals surface area contributed by atoms with Gasteiger partial charge in [0.25, 0.3) is 5.91 Å². The molecule has 0 spiro atoms. The van der Waals surface area contributed by atoms with E-state index in [0.717, 1.165) is 4.47 Å². The fourth-order valence-corrected chi connectivity index (χ4v) is 2.19. The van der Waals surface area contributed by atoms with Gasteiger partial charge >= 0.3 is 5.97 Å². The molecule has 5 nitrogen and oxygen atoms in total. The molecule has 0 aliphatic heterocycles. The lowest BCUT2D eigenvalue weighted by Gasteiger charge is -2.11. The summed E-state index contributed by atoms with van der Waals surface area (Å²) >= 11 is 3.29. The van der Waals surface area contributed by atoms with E-state index in [2.05, 4.69) is 21.2 Å². The molecule has 2 aromatic rings. The van der Waals surface area contributed by atoms with Crippen molar-refractivity contribution >= 4 is 33.5 Å². The largest absolute Gasteiger partial charge is 0.496 e. The van der Waals surface area contributed by atoms with Gasteiger partial charge < -0.3 is 15.2 Å². The molecule has 0 fully saturated rings. The van der Waals surface area contributed by atoms with Crippen LogP contribution >= 0.6 is 15.9 Å². The van der Waals surface area contributed by atoms with Crippen molar-refractivity contribution < 1.29 is 19.4 Å². The number of hydrogen-bond donors (Lipinski definition) is 2. The van der Waals surface area contributed by atoms with Crippen LogP contribution in [-0.4, -0.2) is 24.1 Å². The summed E-state index contributed by atoms with van der Waals surface area (Å²) in [6.07, 6.45) is 0. The number of benzene rings is 2. The van der Waals surface area contributed by atoms with E-state index in [0.29, 0.717) is 11.3 Å². The van der Waals surface area contributed by atoms with E-state index in [-0.39, 0.29) is 11.3 Å². The molecule has 0 radical (unpaired) electrons. The highest BCUT2D eigenvalue weighted by Gasteiger charge is 2.16. The Bertz CT molecular complexity index is 700. The lowest BCUT2D eigenvalue weighted by atomic mass is 10.1. The Balaban J connectivity index is 2.35. The van der Waals surface area contributed by atoms with E-state index >= 15 is 0 Å². The summed E-state index contributed by atoms with van der Waals surface area (Å²) in [4.78, 5) is 23.4. The molecule has 0 bridgehead atoms. The van der Waals surface area contributed by atoms with E-state index in [1.165, 1.54) is 19.2 Å². The second kappa shape index (κ2) is 6.41. The van der Waals surface area contributed by atoms with Crippen molar-refractivity contribution in [3.63, 3.8) is 0 Å². The van der Waals surface area contributed by atoms with Crippen molar-refractivity contribution in [2.75, 3.05) is 12.4 Å². The van der Waals surface area contributed by atoms with Gasteiger partial charge in [0.05, 0.1) is 23.9 Å². The van der Waals surface area contributed by atoms with Crippen LogP contribution in [0, 0.1) is 0 Å². The third kappa shape index (κ3) is 3.41. The van der Waals surface area contributed by atoms with Gasteiger partial charge in [-0.25, -0.2) is 4.79 Å². The smallest absolute Gasteiger partial charge is 0.337 e. The van der Waals surface area contributed by atoms with Gasteiger partial charge in [-0.15, -0.1) is 0 Å². The zero-order valence-electron chi connectivity index (χ0n) is 11.1. The molecule has 0 saturated carbocycles. The number of ether oxygens (including phenoxy) is 1. The summed E-state index contributed by atoms with van der Waals surface area (Å²) in [5.41, 5.74) is 0.573. The number of hydrogen-bond acceptors (Lipinski definition) is 3. The van der Waals surface area contributed by atoms with Crippen LogP contribution in [-0.2, 0) is 0 Å². The molecule has 2 aromatic carbocycles. The second-order valence-electron chi connectivity index (χ2n) is 4.15. The second-order valence-corrected chi connectivity index (χ2v) is 5.07. The summed E-state index contributed by atoms with van der Waals surface area (Å²) in [6, 6.07) is 11.2. The highest BCUT2D eigenvalue weighted by Crippen LogP contribution is 2.24. The molecule has 6 heteroatoms. The third-order valence-electron chi connectivity index (χ3n) is 2.81. The Kier molecular flexibility index (Phi) is 4.59. The number of methoxy groups -OCH3 is 1. The average Bonchev–Trinajstić information content (AvgIpc) is 2.47. The number of nitrogens with one attached hydrogen (secondary N) is 1. The Morgan fingerprint density at radius 2 is 1.86 bits per heavy atom. The summed E-state index contributed by atoms with van der Waals surface area (Å²) < 4.78 is 5.86. The van der Waals surface area contributed by atoms with Crippen LogP contribution in [0.25, 0.3) is 0 Å². The normalized spacial score (nSPS) is 10.0. The molecule has 0 unspecified atom stereocenters. The Labute approximate surface area is 129 Å². The maximum atomic E-state index is 12.3. The molecule has 0 saturated heterocycles. The van der Waals surface area contributed by atoms with Crippen molar-refractivity contribution in [1.82, 2.24) is 0 Å². The number of carboxylic acid groups (broad SMARTS) is 1. The number of carbonyl (C=O) groups excluding carboxylic acids is 1. The highest BCUT2D eigenvalue weighted by atomic mass is 79.9. The fourth-order valence-electron chi connectivity index (χ4n) is 1.83. The van der Waals surface area contributed by atoms with Gasteiger partial charge in [0.15, 0.2) is 0 Å². The molecule has 0 aliphatic carbocycles. The van der Waals surface area contributed by atoms with Crippen LogP contribution in [0.4, 0.5) is 5.69 Å². The number of aromatic carboxylic acids is 1. The Morgan fingerprint density at radius 3 is 2.52 bits per heavy atom. The number of carboxylic acids is 1. The summed E-state index contributed by atoms with van der Waals surface area (Å²) in [7, 11) is 1.46. The van der Waals surface area contributed by atoms with E-state index in [4.69, 9.17) is 9.84 Å². The number of amides is 1. The van der Waals surface area contributed by atoms with Crippen LogP contribution in [0.15, 0.2) is 46.9 Å². The predicted molar refractivity (Wildman–Crippen MR) is 82.0 cm³/mol. The first-order valence-corrected chi connectivity index (χ1v) is 6.79. The van der Waals surface area contributed by atoms with Gasteiger partial charge in [-0.2, -0.15) is 0 Å². The van der Waals surface area contributed by atoms with E-state index in [1.807, 2.05) is 0 Å². The van der Waals surface area contributed by atoms with Crippen LogP contribution in [0.2, 0.25) is 0 Å². The summed E-state index contributed by atoms with van der Waals surface area (Å²) in [5.74, 6) is -1.14. The number of para-hydroxylation sites is 1. The molecule has 0 aromatic heterocycles. The minimum Gasteiger partial charge on any atom is -0.496 e. The van der Waals surface area contributed by atoms with Gasteiger partial charge in [-0.3, -0.25) is 4.79 Å². The molecule has 108 valence electrons.